The fourth-order valence-electron chi connectivity index (χ4n) is 2.28. The van der Waals surface area contributed by atoms with Crippen LogP contribution in [-0.4, -0.2) is 27.2 Å². The van der Waals surface area contributed by atoms with Gasteiger partial charge in [-0.05, 0) is 19.1 Å². The van der Waals surface area contributed by atoms with Gasteiger partial charge in [-0.25, -0.2) is 9.78 Å². The van der Waals surface area contributed by atoms with Gasteiger partial charge in [0.05, 0.1) is 29.3 Å². The Hall–Kier alpha value is -1.88. The average molecular weight is 246 g/mol. The highest BCUT2D eigenvalue weighted by Crippen LogP contribution is 2.35. The third-order valence-corrected chi connectivity index (χ3v) is 3.53. The molecule has 2 heterocycles. The second-order valence-corrected chi connectivity index (χ2v) is 4.60. The molecule has 1 aromatic carbocycles. The summed E-state index contributed by atoms with van der Waals surface area (Å²) in [4.78, 5) is 15.7. The summed E-state index contributed by atoms with van der Waals surface area (Å²) < 4.78 is 7.37. The molecule has 5 heteroatoms. The minimum Gasteiger partial charge on any atom is -0.478 e. The van der Waals surface area contributed by atoms with Crippen LogP contribution in [-0.2, 0) is 11.8 Å². The molecule has 18 heavy (non-hydrogen) atoms. The number of carboxylic acids is 1. The van der Waals surface area contributed by atoms with E-state index in [9.17, 15) is 4.79 Å². The van der Waals surface area contributed by atoms with Crippen molar-refractivity contribution in [2.24, 2.45) is 7.05 Å². The van der Waals surface area contributed by atoms with E-state index in [0.717, 1.165) is 35.4 Å². The second kappa shape index (κ2) is 3.81. The monoisotopic (exact) mass is 246 g/mol. The number of aryl methyl sites for hydroxylation is 2. The van der Waals surface area contributed by atoms with Crippen LogP contribution in [0.25, 0.3) is 11.0 Å². The summed E-state index contributed by atoms with van der Waals surface area (Å²) in [6.45, 7) is 2.64. The van der Waals surface area contributed by atoms with Crippen molar-refractivity contribution in [1.82, 2.24) is 9.55 Å². The van der Waals surface area contributed by atoms with E-state index in [1.165, 1.54) is 0 Å². The van der Waals surface area contributed by atoms with Gasteiger partial charge >= 0.3 is 5.97 Å². The van der Waals surface area contributed by atoms with Crippen LogP contribution < -0.4 is 0 Å². The van der Waals surface area contributed by atoms with Gasteiger partial charge in [-0.3, -0.25) is 0 Å². The smallest absolute Gasteiger partial charge is 0.335 e. The van der Waals surface area contributed by atoms with Gasteiger partial charge in [0.25, 0.3) is 0 Å². The zero-order chi connectivity index (χ0) is 12.9. The summed E-state index contributed by atoms with van der Waals surface area (Å²) in [5.74, 6) is -0.0514. The minimum atomic E-state index is -0.920. The van der Waals surface area contributed by atoms with Gasteiger partial charge in [-0.2, -0.15) is 0 Å². The number of hydrogen-bond acceptors (Lipinski definition) is 3. The molecule has 2 aromatic rings. The third-order valence-electron chi connectivity index (χ3n) is 3.53. The Morgan fingerprint density at radius 2 is 2.28 bits per heavy atom. The number of imidazole rings is 1. The van der Waals surface area contributed by atoms with E-state index in [1.807, 2.05) is 18.5 Å². The molecule has 1 atom stereocenters. The number of carboxylic acid groups (broad SMARTS) is 1. The molecule has 0 amide bonds. The zero-order valence-electron chi connectivity index (χ0n) is 10.3. The SMILES string of the molecule is Cc1nc2c(C3CCO3)cc(C(=O)O)cc2n1C. The Labute approximate surface area is 104 Å². The van der Waals surface area contributed by atoms with Crippen LogP contribution in [0.3, 0.4) is 0 Å². The number of fused-ring (bicyclic) bond motifs is 1. The Morgan fingerprint density at radius 3 is 2.83 bits per heavy atom. The number of hydrogen-bond donors (Lipinski definition) is 1. The summed E-state index contributed by atoms with van der Waals surface area (Å²) in [5.41, 5.74) is 2.87. The first-order valence-corrected chi connectivity index (χ1v) is 5.90. The maximum Gasteiger partial charge on any atom is 0.335 e. The summed E-state index contributed by atoms with van der Waals surface area (Å²) in [7, 11) is 1.89. The molecule has 3 rings (SSSR count). The average Bonchev–Trinajstić information content (AvgIpc) is 2.54. The first-order valence-electron chi connectivity index (χ1n) is 5.90. The summed E-state index contributed by atoms with van der Waals surface area (Å²) in [5, 5.41) is 9.17. The van der Waals surface area contributed by atoms with Crippen LogP contribution in [0.1, 0.15) is 34.3 Å². The van der Waals surface area contributed by atoms with Gasteiger partial charge in [0.2, 0.25) is 0 Å². The molecule has 1 aromatic heterocycles. The quantitative estimate of drug-likeness (QED) is 0.880. The molecule has 0 bridgehead atoms. The van der Waals surface area contributed by atoms with Crippen molar-refractivity contribution in [3.63, 3.8) is 0 Å². The molecule has 1 fully saturated rings. The normalized spacial score (nSPS) is 18.9. The largest absolute Gasteiger partial charge is 0.478 e. The van der Waals surface area contributed by atoms with Gasteiger partial charge in [0, 0.05) is 19.0 Å². The Bertz CT molecular complexity index is 641. The van der Waals surface area contributed by atoms with E-state index in [0.29, 0.717) is 0 Å². The molecule has 1 saturated heterocycles. The summed E-state index contributed by atoms with van der Waals surface area (Å²) in [6.07, 6.45) is 0.912. The van der Waals surface area contributed by atoms with Crippen LogP contribution in [0.15, 0.2) is 12.1 Å². The highest BCUT2D eigenvalue weighted by Gasteiger charge is 2.25. The van der Waals surface area contributed by atoms with Crippen molar-refractivity contribution < 1.29 is 14.6 Å². The van der Waals surface area contributed by atoms with Crippen molar-refractivity contribution >= 4 is 17.0 Å². The van der Waals surface area contributed by atoms with E-state index in [-0.39, 0.29) is 11.7 Å². The lowest BCUT2D eigenvalue weighted by Crippen LogP contribution is -2.19. The van der Waals surface area contributed by atoms with Crippen molar-refractivity contribution in [2.45, 2.75) is 19.4 Å². The van der Waals surface area contributed by atoms with Gasteiger partial charge < -0.3 is 14.4 Å². The number of aromatic nitrogens is 2. The van der Waals surface area contributed by atoms with Gasteiger partial charge in [0.15, 0.2) is 0 Å². The lowest BCUT2D eigenvalue weighted by Gasteiger charge is -2.27. The molecule has 1 aliphatic rings. The maximum atomic E-state index is 11.2. The number of rotatable bonds is 2. The first kappa shape index (κ1) is 11.2. The first-order chi connectivity index (χ1) is 8.58. The minimum absolute atomic E-state index is 0.0129. The van der Waals surface area contributed by atoms with Crippen LogP contribution in [0.2, 0.25) is 0 Å². The van der Waals surface area contributed by atoms with Crippen LogP contribution in [0.5, 0.6) is 0 Å². The number of ether oxygens (including phenoxy) is 1. The van der Waals surface area contributed by atoms with Crippen LogP contribution >= 0.6 is 0 Å². The molecule has 1 N–H and O–H groups in total. The van der Waals surface area contributed by atoms with E-state index in [1.54, 1.807) is 12.1 Å². The molecule has 0 radical (unpaired) electrons. The molecule has 0 saturated carbocycles. The van der Waals surface area contributed by atoms with E-state index < -0.39 is 5.97 Å². The van der Waals surface area contributed by atoms with E-state index >= 15 is 0 Å². The lowest BCUT2D eigenvalue weighted by atomic mass is 9.99. The Kier molecular flexibility index (Phi) is 2.38. The molecule has 0 aliphatic carbocycles. The van der Waals surface area contributed by atoms with Gasteiger partial charge in [-0.1, -0.05) is 0 Å². The second-order valence-electron chi connectivity index (χ2n) is 4.60. The predicted molar refractivity (Wildman–Crippen MR) is 65.7 cm³/mol. The molecule has 1 unspecified atom stereocenters. The zero-order valence-corrected chi connectivity index (χ0v) is 10.3. The number of nitrogens with zero attached hydrogens (tertiary/aromatic N) is 2. The summed E-state index contributed by atoms with van der Waals surface area (Å²) in [6, 6.07) is 3.35. The van der Waals surface area contributed by atoms with E-state index in [4.69, 9.17) is 9.84 Å². The Morgan fingerprint density at radius 1 is 1.56 bits per heavy atom. The fraction of sp³-hybridized carbons (Fsp3) is 0.385. The standard InChI is InChI=1S/C13H14N2O3/c1-7-14-12-9(11-3-4-18-11)5-8(13(16)17)6-10(12)15(7)2/h5-6,11H,3-4H2,1-2H3,(H,16,17). The number of benzene rings is 1. The topological polar surface area (TPSA) is 64.3 Å². The van der Waals surface area contributed by atoms with Crippen molar-refractivity contribution in [1.29, 1.82) is 0 Å². The molecule has 1 aliphatic heterocycles. The van der Waals surface area contributed by atoms with Crippen molar-refractivity contribution in [2.75, 3.05) is 6.61 Å². The molecule has 94 valence electrons. The van der Waals surface area contributed by atoms with Gasteiger partial charge in [0.1, 0.15) is 5.82 Å². The molecular weight excluding hydrogens is 232 g/mol. The fourth-order valence-corrected chi connectivity index (χ4v) is 2.28. The predicted octanol–water partition coefficient (Wildman–Crippen LogP) is 2.04. The van der Waals surface area contributed by atoms with E-state index in [2.05, 4.69) is 4.98 Å². The number of aromatic carboxylic acids is 1. The van der Waals surface area contributed by atoms with Crippen LogP contribution in [0.4, 0.5) is 0 Å². The van der Waals surface area contributed by atoms with Crippen molar-refractivity contribution in [3.05, 3.63) is 29.1 Å². The Balaban J connectivity index is 2.30. The lowest BCUT2D eigenvalue weighted by molar-refractivity contribution is -0.0519. The highest BCUT2D eigenvalue weighted by molar-refractivity contribution is 5.94. The highest BCUT2D eigenvalue weighted by atomic mass is 16.5. The molecule has 0 spiro atoms. The molecule has 5 nitrogen and oxygen atoms in total. The molecular formula is C13H14N2O3. The van der Waals surface area contributed by atoms with Crippen molar-refractivity contribution in [3.8, 4) is 0 Å². The third kappa shape index (κ3) is 1.51. The number of carbonyl (C=O) groups is 1. The summed E-state index contributed by atoms with van der Waals surface area (Å²) >= 11 is 0. The van der Waals surface area contributed by atoms with Gasteiger partial charge in [-0.15, -0.1) is 0 Å². The van der Waals surface area contributed by atoms with Crippen LogP contribution in [0, 0.1) is 6.92 Å². The maximum absolute atomic E-state index is 11.2.